The first-order valence-electron chi connectivity index (χ1n) is 8.07. The summed E-state index contributed by atoms with van der Waals surface area (Å²) in [6.45, 7) is 0.515. The van der Waals surface area contributed by atoms with Gasteiger partial charge in [0.25, 0.3) is 5.91 Å². The van der Waals surface area contributed by atoms with Gasteiger partial charge in [0.15, 0.2) is 0 Å². The molecule has 1 amide bonds. The van der Waals surface area contributed by atoms with E-state index in [0.29, 0.717) is 23.1 Å². The van der Waals surface area contributed by atoms with Crippen molar-refractivity contribution in [3.63, 3.8) is 0 Å². The number of carboxylic acids is 1. The molecule has 130 valence electrons. The van der Waals surface area contributed by atoms with Gasteiger partial charge in [-0.25, -0.2) is 4.79 Å². The fourth-order valence-electron chi connectivity index (χ4n) is 2.58. The first kappa shape index (κ1) is 17.9. The van der Waals surface area contributed by atoms with Crippen LogP contribution in [0.2, 0.25) is 0 Å². The number of rotatable bonds is 6. The number of amides is 1. The lowest BCUT2D eigenvalue weighted by atomic mass is 10.1. The third-order valence-electron chi connectivity index (χ3n) is 3.97. The fourth-order valence-corrected chi connectivity index (χ4v) is 5.44. The van der Waals surface area contributed by atoms with Crippen LogP contribution in [0.25, 0.3) is 0 Å². The largest absolute Gasteiger partial charge is 0.478 e. The van der Waals surface area contributed by atoms with Gasteiger partial charge in [0.2, 0.25) is 0 Å². The molecule has 0 atom stereocenters. The Kier molecular flexibility index (Phi) is 6.04. The van der Waals surface area contributed by atoms with Crippen molar-refractivity contribution in [1.29, 1.82) is 0 Å². The number of hydrogen-bond donors (Lipinski definition) is 2. The lowest BCUT2D eigenvalue weighted by molar-refractivity contribution is 0.0696. The van der Waals surface area contributed by atoms with E-state index >= 15 is 0 Å². The third-order valence-corrected chi connectivity index (χ3v) is 7.07. The minimum atomic E-state index is -0.933. The van der Waals surface area contributed by atoms with Crippen molar-refractivity contribution in [2.24, 2.45) is 0 Å². The van der Waals surface area contributed by atoms with E-state index in [0.717, 1.165) is 5.56 Å². The molecule has 1 fully saturated rings. The molecule has 25 heavy (non-hydrogen) atoms. The molecule has 2 aromatic carbocycles. The number of carboxylic acid groups (broad SMARTS) is 1. The van der Waals surface area contributed by atoms with E-state index in [9.17, 15) is 9.59 Å². The zero-order chi connectivity index (χ0) is 17.6. The van der Waals surface area contributed by atoms with Crippen LogP contribution < -0.4 is 5.32 Å². The topological polar surface area (TPSA) is 66.4 Å². The first-order valence-corrected chi connectivity index (χ1v) is 10.2. The Labute approximate surface area is 155 Å². The summed E-state index contributed by atoms with van der Waals surface area (Å²) in [6.07, 6.45) is 0.666. The molecule has 2 N–H and O–H groups in total. The summed E-state index contributed by atoms with van der Waals surface area (Å²) in [4.78, 5) is 23.0. The maximum absolute atomic E-state index is 12.2. The van der Waals surface area contributed by atoms with Gasteiger partial charge in [0.1, 0.15) is 0 Å². The summed E-state index contributed by atoms with van der Waals surface area (Å²) in [7, 11) is 0. The van der Waals surface area contributed by atoms with Crippen molar-refractivity contribution in [2.75, 3.05) is 18.1 Å². The van der Waals surface area contributed by atoms with Crippen LogP contribution in [0.1, 0.15) is 36.4 Å². The monoisotopic (exact) mass is 373 g/mol. The molecule has 0 aromatic heterocycles. The molecule has 0 unspecified atom stereocenters. The number of benzene rings is 2. The van der Waals surface area contributed by atoms with Gasteiger partial charge in [-0.2, -0.15) is 0 Å². The van der Waals surface area contributed by atoms with E-state index in [1.807, 2.05) is 47.8 Å². The van der Waals surface area contributed by atoms with E-state index in [2.05, 4.69) is 5.32 Å². The molecule has 0 radical (unpaired) electrons. The standard InChI is InChI=1S/C19H19NO3S2/c21-17(14-5-7-16(8-6-14)19-24-11-12-25-19)20-10-9-13-1-3-15(4-2-13)18(22)23/h1-8,19H,9-12H2,(H,20,21)(H,22,23). The molecule has 0 spiro atoms. The van der Waals surface area contributed by atoms with Crippen LogP contribution in [-0.4, -0.2) is 35.0 Å². The maximum atomic E-state index is 12.2. The van der Waals surface area contributed by atoms with E-state index in [1.165, 1.54) is 17.1 Å². The van der Waals surface area contributed by atoms with Gasteiger partial charge in [-0.05, 0) is 41.8 Å². The summed E-state index contributed by atoms with van der Waals surface area (Å²) in [5, 5.41) is 11.8. The quantitative estimate of drug-likeness (QED) is 0.805. The second-order valence-electron chi connectivity index (χ2n) is 5.70. The Bertz CT molecular complexity index is 738. The minimum Gasteiger partial charge on any atom is -0.478 e. The van der Waals surface area contributed by atoms with E-state index in [4.69, 9.17) is 5.11 Å². The van der Waals surface area contributed by atoms with Crippen LogP contribution in [0.3, 0.4) is 0 Å². The van der Waals surface area contributed by atoms with Crippen LogP contribution in [-0.2, 0) is 6.42 Å². The summed E-state index contributed by atoms with van der Waals surface area (Å²) in [5.41, 5.74) is 3.20. The number of hydrogen-bond acceptors (Lipinski definition) is 4. The lowest BCUT2D eigenvalue weighted by Crippen LogP contribution is -2.25. The van der Waals surface area contributed by atoms with Crippen molar-refractivity contribution in [3.8, 4) is 0 Å². The molecule has 0 bridgehead atoms. The van der Waals surface area contributed by atoms with Gasteiger partial charge in [0.05, 0.1) is 10.1 Å². The van der Waals surface area contributed by atoms with Gasteiger partial charge >= 0.3 is 5.97 Å². The molecule has 3 rings (SSSR count). The number of carbonyl (C=O) groups is 2. The van der Waals surface area contributed by atoms with Crippen LogP contribution >= 0.6 is 23.5 Å². The predicted molar refractivity (Wildman–Crippen MR) is 104 cm³/mol. The average Bonchev–Trinajstić information content (AvgIpc) is 3.17. The maximum Gasteiger partial charge on any atom is 0.335 e. The molecule has 0 saturated carbocycles. The average molecular weight is 373 g/mol. The minimum absolute atomic E-state index is 0.0829. The van der Waals surface area contributed by atoms with Crippen molar-refractivity contribution in [3.05, 3.63) is 70.8 Å². The van der Waals surface area contributed by atoms with Crippen LogP contribution in [0.4, 0.5) is 0 Å². The van der Waals surface area contributed by atoms with Crippen molar-refractivity contribution in [2.45, 2.75) is 11.0 Å². The van der Waals surface area contributed by atoms with E-state index in [1.54, 1.807) is 24.3 Å². The summed E-state index contributed by atoms with van der Waals surface area (Å²) in [5.74, 6) is 1.36. The van der Waals surface area contributed by atoms with Gasteiger partial charge in [0, 0.05) is 23.6 Å². The molecule has 2 aromatic rings. The Morgan fingerprint density at radius 3 is 2.16 bits per heavy atom. The van der Waals surface area contributed by atoms with E-state index in [-0.39, 0.29) is 11.5 Å². The Hall–Kier alpha value is -1.92. The number of carbonyl (C=O) groups excluding carboxylic acids is 1. The summed E-state index contributed by atoms with van der Waals surface area (Å²) in [6, 6.07) is 14.6. The lowest BCUT2D eigenvalue weighted by Gasteiger charge is -2.10. The second-order valence-corrected chi connectivity index (χ2v) is 8.43. The Morgan fingerprint density at radius 2 is 1.56 bits per heavy atom. The van der Waals surface area contributed by atoms with Gasteiger partial charge in [-0.3, -0.25) is 4.79 Å². The highest BCUT2D eigenvalue weighted by Crippen LogP contribution is 2.45. The SMILES string of the molecule is O=C(O)c1ccc(CCNC(=O)c2ccc(C3SCCS3)cc2)cc1. The summed E-state index contributed by atoms with van der Waals surface area (Å²) >= 11 is 3.90. The van der Waals surface area contributed by atoms with Gasteiger partial charge in [-0.15, -0.1) is 23.5 Å². The van der Waals surface area contributed by atoms with Crippen LogP contribution in [0.15, 0.2) is 48.5 Å². The van der Waals surface area contributed by atoms with E-state index < -0.39 is 5.97 Å². The highest BCUT2D eigenvalue weighted by Gasteiger charge is 2.18. The van der Waals surface area contributed by atoms with Crippen molar-refractivity contribution in [1.82, 2.24) is 5.32 Å². The molecule has 6 heteroatoms. The van der Waals surface area contributed by atoms with Gasteiger partial charge < -0.3 is 10.4 Å². The first-order chi connectivity index (χ1) is 12.1. The highest BCUT2D eigenvalue weighted by molar-refractivity contribution is 8.19. The molecular weight excluding hydrogens is 354 g/mol. The molecule has 1 heterocycles. The normalized spacial score (nSPS) is 14.4. The molecule has 4 nitrogen and oxygen atoms in total. The molecule has 1 aliphatic heterocycles. The second kappa shape index (κ2) is 8.45. The molecular formula is C19H19NO3S2. The van der Waals surface area contributed by atoms with Crippen molar-refractivity contribution < 1.29 is 14.7 Å². The fraction of sp³-hybridized carbons (Fsp3) is 0.263. The smallest absolute Gasteiger partial charge is 0.335 e. The zero-order valence-electron chi connectivity index (χ0n) is 13.6. The molecule has 1 saturated heterocycles. The zero-order valence-corrected chi connectivity index (χ0v) is 15.2. The van der Waals surface area contributed by atoms with Crippen LogP contribution in [0.5, 0.6) is 0 Å². The molecule has 1 aliphatic rings. The van der Waals surface area contributed by atoms with Crippen LogP contribution in [0, 0.1) is 0 Å². The van der Waals surface area contributed by atoms with Gasteiger partial charge in [-0.1, -0.05) is 24.3 Å². The number of nitrogens with one attached hydrogen (secondary N) is 1. The third kappa shape index (κ3) is 4.80. The molecule has 0 aliphatic carbocycles. The van der Waals surface area contributed by atoms with Crippen molar-refractivity contribution >= 4 is 35.4 Å². The highest BCUT2D eigenvalue weighted by atomic mass is 32.2. The predicted octanol–water partition coefficient (Wildman–Crippen LogP) is 3.84. The summed E-state index contributed by atoms with van der Waals surface area (Å²) < 4.78 is 0.492. The Morgan fingerprint density at radius 1 is 0.960 bits per heavy atom. The number of thioether (sulfide) groups is 2. The Balaban J connectivity index is 1.49. The number of aromatic carboxylic acids is 1.